The number of nitrogens with zero attached hydrogens (tertiary/aromatic N) is 1. The van der Waals surface area contributed by atoms with Crippen molar-refractivity contribution in [3.05, 3.63) is 35.9 Å². The number of piperidine rings is 1. The fourth-order valence-electron chi connectivity index (χ4n) is 2.86. The molecule has 0 radical (unpaired) electrons. The van der Waals surface area contributed by atoms with Crippen molar-refractivity contribution in [1.29, 1.82) is 0 Å². The van der Waals surface area contributed by atoms with Crippen LogP contribution in [0.25, 0.3) is 0 Å². The lowest BCUT2D eigenvalue weighted by Crippen LogP contribution is -2.42. The van der Waals surface area contributed by atoms with Gasteiger partial charge in [-0.2, -0.15) is 0 Å². The molecule has 1 heterocycles. The van der Waals surface area contributed by atoms with Gasteiger partial charge in [0, 0.05) is 12.5 Å². The van der Waals surface area contributed by atoms with Crippen LogP contribution in [0.5, 0.6) is 0 Å². The molecule has 1 fully saturated rings. The van der Waals surface area contributed by atoms with Crippen LogP contribution >= 0.6 is 0 Å². The van der Waals surface area contributed by atoms with Crippen LogP contribution in [0, 0.1) is 5.92 Å². The second-order valence-corrected chi connectivity index (χ2v) is 5.88. The number of carbonyl (C=O) groups excluding carboxylic acids is 2. The summed E-state index contributed by atoms with van der Waals surface area (Å²) in [6.45, 7) is 4.77. The van der Waals surface area contributed by atoms with E-state index in [9.17, 15) is 9.59 Å². The molecule has 0 saturated carbocycles. The zero-order valence-electron chi connectivity index (χ0n) is 13.8. The summed E-state index contributed by atoms with van der Waals surface area (Å²) in [7, 11) is 0. The van der Waals surface area contributed by atoms with Gasteiger partial charge in [0.2, 0.25) is 5.91 Å². The molecule has 0 spiro atoms. The lowest BCUT2D eigenvalue weighted by molar-refractivity contribution is -0.144. The summed E-state index contributed by atoms with van der Waals surface area (Å²) in [5.41, 5.74) is 1.23. The van der Waals surface area contributed by atoms with Gasteiger partial charge in [-0.25, -0.2) is 0 Å². The van der Waals surface area contributed by atoms with Crippen LogP contribution in [0.2, 0.25) is 0 Å². The van der Waals surface area contributed by atoms with Gasteiger partial charge in [0.25, 0.3) is 0 Å². The first-order chi connectivity index (χ1) is 11.2. The number of nitrogens with one attached hydrogen (secondary N) is 1. The van der Waals surface area contributed by atoms with Crippen molar-refractivity contribution >= 4 is 11.9 Å². The van der Waals surface area contributed by atoms with E-state index >= 15 is 0 Å². The summed E-state index contributed by atoms with van der Waals surface area (Å²) in [4.78, 5) is 25.7. The quantitative estimate of drug-likeness (QED) is 0.776. The van der Waals surface area contributed by atoms with Gasteiger partial charge in [-0.1, -0.05) is 30.3 Å². The highest BCUT2D eigenvalue weighted by Gasteiger charge is 2.25. The van der Waals surface area contributed by atoms with Gasteiger partial charge in [0.1, 0.15) is 0 Å². The molecule has 5 nitrogen and oxygen atoms in total. The molecule has 0 aliphatic carbocycles. The van der Waals surface area contributed by atoms with Gasteiger partial charge in [0.05, 0.1) is 13.2 Å². The number of likely N-dealkylation sites (tertiary alicyclic amines) is 1. The molecule has 1 amide bonds. The lowest BCUT2D eigenvalue weighted by Gasteiger charge is -2.30. The molecular weight excluding hydrogens is 292 g/mol. The SMILES string of the molecule is CCOC(=O)CN1CCC(C(=O)NCCc2ccccc2)CC1. The highest BCUT2D eigenvalue weighted by Crippen LogP contribution is 2.17. The number of rotatable bonds is 7. The van der Waals surface area contributed by atoms with E-state index in [0.29, 0.717) is 19.7 Å². The van der Waals surface area contributed by atoms with Gasteiger partial charge < -0.3 is 10.1 Å². The van der Waals surface area contributed by atoms with E-state index in [2.05, 4.69) is 22.3 Å². The smallest absolute Gasteiger partial charge is 0.320 e. The van der Waals surface area contributed by atoms with E-state index in [1.807, 2.05) is 25.1 Å². The van der Waals surface area contributed by atoms with Crippen LogP contribution in [0.1, 0.15) is 25.3 Å². The first kappa shape index (κ1) is 17.5. The topological polar surface area (TPSA) is 58.6 Å². The summed E-state index contributed by atoms with van der Waals surface area (Å²) < 4.78 is 4.95. The fourth-order valence-corrected chi connectivity index (χ4v) is 2.86. The highest BCUT2D eigenvalue weighted by atomic mass is 16.5. The Labute approximate surface area is 138 Å². The van der Waals surface area contributed by atoms with Crippen LogP contribution < -0.4 is 5.32 Å². The number of carbonyl (C=O) groups is 2. The Bertz CT molecular complexity index is 496. The minimum absolute atomic E-state index is 0.0595. The van der Waals surface area contributed by atoms with Crippen molar-refractivity contribution < 1.29 is 14.3 Å². The first-order valence-electron chi connectivity index (χ1n) is 8.38. The number of ether oxygens (including phenoxy) is 1. The maximum Gasteiger partial charge on any atom is 0.320 e. The molecule has 2 rings (SSSR count). The largest absolute Gasteiger partial charge is 0.465 e. The predicted octanol–water partition coefficient (Wildman–Crippen LogP) is 1.62. The summed E-state index contributed by atoms with van der Waals surface area (Å²) in [5, 5.41) is 3.03. The number of amides is 1. The van der Waals surface area contributed by atoms with Crippen LogP contribution in [0.4, 0.5) is 0 Å². The highest BCUT2D eigenvalue weighted by molar-refractivity contribution is 5.78. The van der Waals surface area contributed by atoms with Gasteiger partial charge >= 0.3 is 5.97 Å². The van der Waals surface area contributed by atoms with Crippen LogP contribution in [-0.4, -0.2) is 49.6 Å². The molecule has 0 unspecified atom stereocenters. The Kier molecular flexibility index (Phi) is 7.07. The van der Waals surface area contributed by atoms with Crippen molar-refractivity contribution in [2.45, 2.75) is 26.2 Å². The number of benzene rings is 1. The standard InChI is InChI=1S/C18H26N2O3/c1-2-23-17(21)14-20-12-9-16(10-13-20)18(22)19-11-8-15-6-4-3-5-7-15/h3-7,16H,2,8-14H2,1H3,(H,19,22). The average Bonchev–Trinajstić information content (AvgIpc) is 2.56. The Morgan fingerprint density at radius 3 is 2.57 bits per heavy atom. The Hall–Kier alpha value is -1.88. The average molecular weight is 318 g/mol. The Morgan fingerprint density at radius 1 is 1.22 bits per heavy atom. The van der Waals surface area contributed by atoms with Crippen molar-refractivity contribution in [2.75, 3.05) is 32.8 Å². The summed E-state index contributed by atoms with van der Waals surface area (Å²) in [6, 6.07) is 10.2. The molecule has 1 N–H and O–H groups in total. The van der Waals surface area contributed by atoms with Crippen LogP contribution in [0.3, 0.4) is 0 Å². The van der Waals surface area contributed by atoms with Gasteiger partial charge in [-0.3, -0.25) is 14.5 Å². The number of hydrogen-bond acceptors (Lipinski definition) is 4. The third-order valence-electron chi connectivity index (χ3n) is 4.17. The molecule has 0 atom stereocenters. The monoisotopic (exact) mass is 318 g/mol. The van der Waals surface area contributed by atoms with Gasteiger partial charge in [0.15, 0.2) is 0 Å². The number of esters is 1. The minimum atomic E-state index is -0.182. The second-order valence-electron chi connectivity index (χ2n) is 5.88. The molecule has 1 aliphatic rings. The van der Waals surface area contributed by atoms with Gasteiger partial charge in [-0.15, -0.1) is 0 Å². The molecule has 126 valence electrons. The van der Waals surface area contributed by atoms with Crippen molar-refractivity contribution in [3.8, 4) is 0 Å². The van der Waals surface area contributed by atoms with E-state index < -0.39 is 0 Å². The third kappa shape index (κ3) is 6.02. The molecule has 1 aromatic carbocycles. The third-order valence-corrected chi connectivity index (χ3v) is 4.17. The van der Waals surface area contributed by atoms with Crippen molar-refractivity contribution in [2.24, 2.45) is 5.92 Å². The Morgan fingerprint density at radius 2 is 1.91 bits per heavy atom. The van der Waals surface area contributed by atoms with E-state index in [1.54, 1.807) is 0 Å². The first-order valence-corrected chi connectivity index (χ1v) is 8.38. The molecule has 1 aromatic rings. The normalized spacial score (nSPS) is 16.0. The zero-order chi connectivity index (χ0) is 16.5. The fraction of sp³-hybridized carbons (Fsp3) is 0.556. The Balaban J connectivity index is 1.64. The maximum absolute atomic E-state index is 12.2. The van der Waals surface area contributed by atoms with E-state index in [-0.39, 0.29) is 17.8 Å². The van der Waals surface area contributed by atoms with Crippen LogP contribution in [0.15, 0.2) is 30.3 Å². The predicted molar refractivity (Wildman–Crippen MR) is 89.0 cm³/mol. The number of hydrogen-bond donors (Lipinski definition) is 1. The molecule has 0 bridgehead atoms. The van der Waals surface area contributed by atoms with Crippen LogP contribution in [-0.2, 0) is 20.7 Å². The summed E-state index contributed by atoms with van der Waals surface area (Å²) >= 11 is 0. The van der Waals surface area contributed by atoms with E-state index in [0.717, 1.165) is 32.4 Å². The minimum Gasteiger partial charge on any atom is -0.465 e. The van der Waals surface area contributed by atoms with Crippen molar-refractivity contribution in [1.82, 2.24) is 10.2 Å². The molecule has 1 aliphatic heterocycles. The summed E-state index contributed by atoms with van der Waals surface area (Å²) in [6.07, 6.45) is 2.46. The van der Waals surface area contributed by atoms with Gasteiger partial charge in [-0.05, 0) is 44.8 Å². The summed E-state index contributed by atoms with van der Waals surface area (Å²) in [5.74, 6) is 0.0131. The zero-order valence-corrected chi connectivity index (χ0v) is 13.8. The van der Waals surface area contributed by atoms with E-state index in [4.69, 9.17) is 4.74 Å². The molecule has 23 heavy (non-hydrogen) atoms. The second kappa shape index (κ2) is 9.30. The van der Waals surface area contributed by atoms with Crippen molar-refractivity contribution in [3.63, 3.8) is 0 Å². The molecule has 0 aromatic heterocycles. The maximum atomic E-state index is 12.2. The molecule has 5 heteroatoms. The van der Waals surface area contributed by atoms with E-state index in [1.165, 1.54) is 5.56 Å². The molecule has 1 saturated heterocycles. The molecular formula is C18H26N2O3. The lowest BCUT2D eigenvalue weighted by atomic mass is 9.96.